The van der Waals surface area contributed by atoms with Gasteiger partial charge in [-0.15, -0.1) is 0 Å². The van der Waals surface area contributed by atoms with Gasteiger partial charge in [-0.05, 0) is 24.3 Å². The highest BCUT2D eigenvalue weighted by atomic mass is 19.2. The van der Waals surface area contributed by atoms with Crippen LogP contribution in [0, 0.1) is 11.6 Å². The Balaban J connectivity index is 2.49. The number of aromatic nitrogens is 2. The zero-order valence-corrected chi connectivity index (χ0v) is 8.95. The van der Waals surface area contributed by atoms with Crippen molar-refractivity contribution in [2.45, 2.75) is 6.92 Å². The van der Waals surface area contributed by atoms with E-state index in [1.165, 1.54) is 25.3 Å². The molecule has 3 nitrogen and oxygen atoms in total. The fourth-order valence-electron chi connectivity index (χ4n) is 1.34. The lowest BCUT2D eigenvalue weighted by Gasteiger charge is -2.02. The van der Waals surface area contributed by atoms with Crippen LogP contribution in [0.5, 0.6) is 0 Å². The Morgan fingerprint density at radius 3 is 2.59 bits per heavy atom. The van der Waals surface area contributed by atoms with Gasteiger partial charge < -0.3 is 0 Å². The number of halogens is 2. The standard InChI is InChI=1S/C12H8F2N2O/c1-7(17)12-15-5-4-11(16-12)8-2-3-9(13)10(14)6-8/h2-6H,1H3. The van der Waals surface area contributed by atoms with Crippen LogP contribution in [-0.2, 0) is 0 Å². The minimum absolute atomic E-state index is 0.0484. The molecule has 1 aromatic heterocycles. The van der Waals surface area contributed by atoms with Gasteiger partial charge in [0.05, 0.1) is 5.69 Å². The molecule has 0 atom stereocenters. The van der Waals surface area contributed by atoms with E-state index in [1.54, 1.807) is 0 Å². The van der Waals surface area contributed by atoms with Crippen LogP contribution in [0.1, 0.15) is 17.5 Å². The quantitative estimate of drug-likeness (QED) is 0.750. The molecule has 0 bridgehead atoms. The van der Waals surface area contributed by atoms with Gasteiger partial charge in [-0.25, -0.2) is 18.7 Å². The van der Waals surface area contributed by atoms with Crippen LogP contribution in [0.2, 0.25) is 0 Å². The molecule has 0 aliphatic rings. The SMILES string of the molecule is CC(=O)c1nccc(-c2ccc(F)c(F)c2)n1. The van der Waals surface area contributed by atoms with E-state index in [1.807, 2.05) is 0 Å². The molecule has 0 fully saturated rings. The molecule has 0 saturated carbocycles. The number of Topliss-reactive ketones (excluding diaryl/α,β-unsaturated/α-hetero) is 1. The molecular formula is C12H8F2N2O. The lowest BCUT2D eigenvalue weighted by Crippen LogP contribution is -2.01. The van der Waals surface area contributed by atoms with Crippen molar-refractivity contribution in [3.05, 3.63) is 47.9 Å². The molecular weight excluding hydrogens is 226 g/mol. The van der Waals surface area contributed by atoms with E-state index in [9.17, 15) is 13.6 Å². The predicted molar refractivity (Wildman–Crippen MR) is 57.4 cm³/mol. The van der Waals surface area contributed by atoms with E-state index in [2.05, 4.69) is 9.97 Å². The van der Waals surface area contributed by atoms with Gasteiger partial charge in [0.15, 0.2) is 23.2 Å². The van der Waals surface area contributed by atoms with Gasteiger partial charge in [0.2, 0.25) is 0 Å². The molecule has 2 aromatic rings. The van der Waals surface area contributed by atoms with Gasteiger partial charge in [0.25, 0.3) is 0 Å². The second kappa shape index (κ2) is 4.37. The maximum atomic E-state index is 13.0. The molecule has 0 amide bonds. The molecule has 0 aliphatic carbocycles. The van der Waals surface area contributed by atoms with Crippen molar-refractivity contribution in [3.8, 4) is 11.3 Å². The first-order chi connectivity index (χ1) is 8.08. The van der Waals surface area contributed by atoms with Gasteiger partial charge in [-0.3, -0.25) is 4.79 Å². The van der Waals surface area contributed by atoms with E-state index in [0.29, 0.717) is 11.3 Å². The molecule has 0 unspecified atom stereocenters. The minimum atomic E-state index is -0.953. The Kier molecular flexibility index (Phi) is 2.91. The van der Waals surface area contributed by atoms with Gasteiger partial charge in [0, 0.05) is 18.7 Å². The molecule has 17 heavy (non-hydrogen) atoms. The number of hydrogen-bond donors (Lipinski definition) is 0. The van der Waals surface area contributed by atoms with Gasteiger partial charge in [-0.2, -0.15) is 0 Å². The van der Waals surface area contributed by atoms with Crippen molar-refractivity contribution in [2.24, 2.45) is 0 Å². The fraction of sp³-hybridized carbons (Fsp3) is 0.0833. The van der Waals surface area contributed by atoms with Crippen LogP contribution in [0.3, 0.4) is 0 Å². The van der Waals surface area contributed by atoms with E-state index in [4.69, 9.17) is 0 Å². The van der Waals surface area contributed by atoms with E-state index >= 15 is 0 Å². The number of rotatable bonds is 2. The summed E-state index contributed by atoms with van der Waals surface area (Å²) < 4.78 is 25.8. The van der Waals surface area contributed by atoms with E-state index in [-0.39, 0.29) is 11.6 Å². The van der Waals surface area contributed by atoms with Crippen molar-refractivity contribution in [1.82, 2.24) is 9.97 Å². The molecule has 0 aliphatic heterocycles. The highest BCUT2D eigenvalue weighted by Crippen LogP contribution is 2.19. The van der Waals surface area contributed by atoms with Crippen molar-refractivity contribution >= 4 is 5.78 Å². The monoisotopic (exact) mass is 234 g/mol. The van der Waals surface area contributed by atoms with Gasteiger partial charge >= 0.3 is 0 Å². The summed E-state index contributed by atoms with van der Waals surface area (Å²) >= 11 is 0. The number of carbonyl (C=O) groups is 1. The van der Waals surface area contributed by atoms with Gasteiger partial charge in [0.1, 0.15) is 0 Å². The minimum Gasteiger partial charge on any atom is -0.291 e. The number of ketones is 1. The number of hydrogen-bond acceptors (Lipinski definition) is 3. The summed E-state index contributed by atoms with van der Waals surface area (Å²) in [6.45, 7) is 1.34. The number of nitrogens with zero attached hydrogens (tertiary/aromatic N) is 2. The number of benzene rings is 1. The molecule has 86 valence electrons. The third kappa shape index (κ3) is 2.33. The molecule has 5 heteroatoms. The average molecular weight is 234 g/mol. The highest BCUT2D eigenvalue weighted by molar-refractivity contribution is 5.90. The summed E-state index contributed by atoms with van der Waals surface area (Å²) in [5.41, 5.74) is 0.776. The first-order valence-electron chi connectivity index (χ1n) is 4.87. The average Bonchev–Trinajstić information content (AvgIpc) is 2.33. The van der Waals surface area contributed by atoms with Crippen LogP contribution >= 0.6 is 0 Å². The Hall–Kier alpha value is -2.17. The first kappa shape index (κ1) is 11.3. The summed E-state index contributed by atoms with van der Waals surface area (Å²) in [4.78, 5) is 18.8. The largest absolute Gasteiger partial charge is 0.291 e. The van der Waals surface area contributed by atoms with E-state index < -0.39 is 11.6 Å². The van der Waals surface area contributed by atoms with Crippen molar-refractivity contribution in [2.75, 3.05) is 0 Å². The second-order valence-electron chi connectivity index (χ2n) is 3.45. The van der Waals surface area contributed by atoms with Crippen LogP contribution in [0.15, 0.2) is 30.5 Å². The Morgan fingerprint density at radius 1 is 1.18 bits per heavy atom. The molecule has 0 N–H and O–H groups in total. The van der Waals surface area contributed by atoms with Crippen LogP contribution < -0.4 is 0 Å². The Labute approximate surface area is 96.2 Å². The third-order valence-corrected chi connectivity index (χ3v) is 2.19. The Morgan fingerprint density at radius 2 is 1.94 bits per heavy atom. The molecule has 1 aromatic carbocycles. The zero-order valence-electron chi connectivity index (χ0n) is 8.95. The predicted octanol–water partition coefficient (Wildman–Crippen LogP) is 2.62. The molecule has 0 radical (unpaired) electrons. The lowest BCUT2D eigenvalue weighted by molar-refractivity contribution is 0.100. The van der Waals surface area contributed by atoms with Crippen molar-refractivity contribution < 1.29 is 13.6 Å². The fourth-order valence-corrected chi connectivity index (χ4v) is 1.34. The summed E-state index contributed by atoms with van der Waals surface area (Å²) in [5, 5.41) is 0. The topological polar surface area (TPSA) is 42.9 Å². The maximum absolute atomic E-state index is 13.0. The summed E-state index contributed by atoms with van der Waals surface area (Å²) in [6, 6.07) is 4.96. The molecule has 0 spiro atoms. The Bertz CT molecular complexity index is 584. The van der Waals surface area contributed by atoms with Crippen molar-refractivity contribution in [3.63, 3.8) is 0 Å². The van der Waals surface area contributed by atoms with Gasteiger partial charge in [-0.1, -0.05) is 0 Å². The summed E-state index contributed by atoms with van der Waals surface area (Å²) in [5.74, 6) is -2.11. The normalized spacial score (nSPS) is 10.3. The maximum Gasteiger partial charge on any atom is 0.196 e. The second-order valence-corrected chi connectivity index (χ2v) is 3.45. The highest BCUT2D eigenvalue weighted by Gasteiger charge is 2.08. The van der Waals surface area contributed by atoms with Crippen LogP contribution in [0.25, 0.3) is 11.3 Å². The molecule has 2 rings (SSSR count). The summed E-state index contributed by atoms with van der Waals surface area (Å²) in [6.07, 6.45) is 1.40. The summed E-state index contributed by atoms with van der Waals surface area (Å²) in [7, 11) is 0. The third-order valence-electron chi connectivity index (χ3n) is 2.19. The molecule has 0 saturated heterocycles. The smallest absolute Gasteiger partial charge is 0.196 e. The lowest BCUT2D eigenvalue weighted by atomic mass is 10.1. The van der Waals surface area contributed by atoms with E-state index in [0.717, 1.165) is 12.1 Å². The van der Waals surface area contributed by atoms with Crippen molar-refractivity contribution in [1.29, 1.82) is 0 Å². The number of carbonyl (C=O) groups excluding carboxylic acids is 1. The van der Waals surface area contributed by atoms with Crippen LogP contribution in [-0.4, -0.2) is 15.8 Å². The van der Waals surface area contributed by atoms with Crippen LogP contribution in [0.4, 0.5) is 8.78 Å². The zero-order chi connectivity index (χ0) is 12.4. The first-order valence-corrected chi connectivity index (χ1v) is 4.87. The molecule has 1 heterocycles.